The molecule has 126 valence electrons. The van der Waals surface area contributed by atoms with Crippen LogP contribution in [0, 0.1) is 11.3 Å². The third kappa shape index (κ3) is 4.68. The van der Waals surface area contributed by atoms with Gasteiger partial charge in [0.25, 0.3) is 0 Å². The van der Waals surface area contributed by atoms with Gasteiger partial charge in [0, 0.05) is 30.1 Å². The highest BCUT2D eigenvalue weighted by Gasteiger charge is 2.14. The van der Waals surface area contributed by atoms with Crippen molar-refractivity contribution in [2.24, 2.45) is 0 Å². The lowest BCUT2D eigenvalue weighted by Crippen LogP contribution is -2.04. The van der Waals surface area contributed by atoms with Gasteiger partial charge in [-0.25, -0.2) is 0 Å². The molecule has 0 unspecified atom stereocenters. The third-order valence-corrected chi connectivity index (χ3v) is 4.81. The molecular formula is C19H19N5S. The molecular weight excluding hydrogens is 330 g/mol. The second kappa shape index (κ2) is 9.00. The summed E-state index contributed by atoms with van der Waals surface area (Å²) in [6, 6.07) is 16.4. The minimum Gasteiger partial charge on any atom is -0.298 e. The fourth-order valence-electron chi connectivity index (χ4n) is 2.49. The number of hydrogen-bond donors (Lipinski definition) is 0. The van der Waals surface area contributed by atoms with Gasteiger partial charge in [0.1, 0.15) is 0 Å². The van der Waals surface area contributed by atoms with Crippen molar-refractivity contribution in [1.29, 1.82) is 5.26 Å². The molecule has 0 spiro atoms. The minimum absolute atomic E-state index is 0.611. The average molecular weight is 349 g/mol. The maximum atomic E-state index is 8.63. The molecule has 0 aliphatic carbocycles. The number of thioether (sulfide) groups is 1. The smallest absolute Gasteiger partial charge is 0.191 e. The Morgan fingerprint density at radius 1 is 1.00 bits per heavy atom. The van der Waals surface area contributed by atoms with Crippen LogP contribution in [0.25, 0.3) is 11.4 Å². The first-order valence-corrected chi connectivity index (χ1v) is 9.24. The van der Waals surface area contributed by atoms with Crippen LogP contribution in [0.15, 0.2) is 60.0 Å². The highest BCUT2D eigenvalue weighted by molar-refractivity contribution is 7.99. The van der Waals surface area contributed by atoms with Gasteiger partial charge in [-0.3, -0.25) is 9.55 Å². The maximum Gasteiger partial charge on any atom is 0.191 e. The first kappa shape index (κ1) is 17.2. The lowest BCUT2D eigenvalue weighted by Gasteiger charge is -2.10. The molecule has 0 aliphatic rings. The average Bonchev–Trinajstić information content (AvgIpc) is 3.06. The van der Waals surface area contributed by atoms with E-state index >= 15 is 0 Å². The van der Waals surface area contributed by atoms with Crippen LogP contribution < -0.4 is 0 Å². The summed E-state index contributed by atoms with van der Waals surface area (Å²) in [5, 5.41) is 18.3. The van der Waals surface area contributed by atoms with Gasteiger partial charge < -0.3 is 0 Å². The van der Waals surface area contributed by atoms with E-state index in [-0.39, 0.29) is 0 Å². The Kier molecular flexibility index (Phi) is 6.18. The summed E-state index contributed by atoms with van der Waals surface area (Å²) in [6.07, 6.45) is 6.07. The number of nitrogens with zero attached hydrogens (tertiary/aromatic N) is 5. The van der Waals surface area contributed by atoms with Crippen LogP contribution in [-0.2, 0) is 6.54 Å². The molecule has 3 aromatic rings. The number of rotatable bonds is 8. The van der Waals surface area contributed by atoms with Crippen LogP contribution in [-0.4, -0.2) is 25.5 Å². The van der Waals surface area contributed by atoms with Gasteiger partial charge in [0.2, 0.25) is 0 Å². The predicted octanol–water partition coefficient (Wildman–Crippen LogP) is 4.17. The molecule has 0 saturated heterocycles. The molecule has 0 amide bonds. The number of benzene rings is 1. The van der Waals surface area contributed by atoms with Crippen molar-refractivity contribution < 1.29 is 0 Å². The molecule has 3 rings (SSSR count). The molecule has 25 heavy (non-hydrogen) atoms. The molecule has 5 nitrogen and oxygen atoms in total. The SMILES string of the molecule is N#CCCCCSc1nnc(-c2ccncc2)n1Cc1ccccc1. The van der Waals surface area contributed by atoms with Crippen LogP contribution in [0.3, 0.4) is 0 Å². The van der Waals surface area contributed by atoms with Crippen molar-refractivity contribution in [1.82, 2.24) is 19.7 Å². The summed E-state index contributed by atoms with van der Waals surface area (Å²) < 4.78 is 2.15. The number of pyridine rings is 1. The zero-order valence-corrected chi connectivity index (χ0v) is 14.7. The fourth-order valence-corrected chi connectivity index (χ4v) is 3.42. The summed E-state index contributed by atoms with van der Waals surface area (Å²) >= 11 is 1.70. The van der Waals surface area contributed by atoms with E-state index in [1.807, 2.05) is 30.3 Å². The Balaban J connectivity index is 1.82. The molecule has 0 N–H and O–H groups in total. The highest BCUT2D eigenvalue weighted by Crippen LogP contribution is 2.25. The number of hydrogen-bond acceptors (Lipinski definition) is 5. The van der Waals surface area contributed by atoms with Crippen molar-refractivity contribution in [3.63, 3.8) is 0 Å². The zero-order valence-electron chi connectivity index (χ0n) is 13.9. The van der Waals surface area contributed by atoms with Gasteiger partial charge >= 0.3 is 0 Å². The van der Waals surface area contributed by atoms with Crippen LogP contribution in [0.4, 0.5) is 0 Å². The molecule has 0 fully saturated rings. The van der Waals surface area contributed by atoms with E-state index in [0.717, 1.165) is 41.7 Å². The molecule has 0 aliphatic heterocycles. The zero-order chi connectivity index (χ0) is 17.3. The largest absolute Gasteiger partial charge is 0.298 e. The maximum absolute atomic E-state index is 8.63. The number of unbranched alkanes of at least 4 members (excludes halogenated alkanes) is 2. The van der Waals surface area contributed by atoms with E-state index in [0.29, 0.717) is 6.42 Å². The second-order valence-corrected chi connectivity index (χ2v) is 6.64. The lowest BCUT2D eigenvalue weighted by molar-refractivity contribution is 0.713. The van der Waals surface area contributed by atoms with Crippen LogP contribution in [0.1, 0.15) is 24.8 Å². The van der Waals surface area contributed by atoms with E-state index in [4.69, 9.17) is 5.26 Å². The van der Waals surface area contributed by atoms with Crippen molar-refractivity contribution >= 4 is 11.8 Å². The van der Waals surface area contributed by atoms with Crippen LogP contribution in [0.2, 0.25) is 0 Å². The normalized spacial score (nSPS) is 10.5. The van der Waals surface area contributed by atoms with E-state index in [1.165, 1.54) is 5.56 Å². The Morgan fingerprint density at radius 2 is 1.80 bits per heavy atom. The molecule has 6 heteroatoms. The van der Waals surface area contributed by atoms with Gasteiger partial charge in [0.15, 0.2) is 11.0 Å². The summed E-state index contributed by atoms with van der Waals surface area (Å²) in [7, 11) is 0. The van der Waals surface area contributed by atoms with Gasteiger partial charge in [-0.05, 0) is 30.5 Å². The van der Waals surface area contributed by atoms with Crippen LogP contribution >= 0.6 is 11.8 Å². The second-order valence-electron chi connectivity index (χ2n) is 5.58. The molecule has 0 atom stereocenters. The molecule has 0 radical (unpaired) electrons. The summed E-state index contributed by atoms with van der Waals surface area (Å²) in [5.74, 6) is 1.79. The molecule has 2 aromatic heterocycles. The summed E-state index contributed by atoms with van der Waals surface area (Å²) in [4.78, 5) is 4.08. The Morgan fingerprint density at radius 3 is 2.56 bits per heavy atom. The minimum atomic E-state index is 0.611. The van der Waals surface area contributed by atoms with Gasteiger partial charge in [0.05, 0.1) is 12.6 Å². The van der Waals surface area contributed by atoms with Gasteiger partial charge in [-0.1, -0.05) is 42.1 Å². The first-order chi connectivity index (χ1) is 12.4. The Labute approximate surface area is 151 Å². The molecule has 0 bridgehead atoms. The molecule has 2 heterocycles. The van der Waals surface area contributed by atoms with Gasteiger partial charge in [-0.2, -0.15) is 5.26 Å². The van der Waals surface area contributed by atoms with Crippen molar-refractivity contribution in [2.75, 3.05) is 5.75 Å². The van der Waals surface area contributed by atoms with Crippen molar-refractivity contribution in [2.45, 2.75) is 31.0 Å². The Hall–Kier alpha value is -2.65. The van der Waals surface area contributed by atoms with Gasteiger partial charge in [-0.15, -0.1) is 10.2 Å². The van der Waals surface area contributed by atoms with E-state index in [1.54, 1.807) is 24.2 Å². The molecule has 0 saturated carbocycles. The Bertz CT molecular complexity index is 824. The standard InChI is InChI=1S/C19H19N5S/c20-11-5-2-6-14-25-19-23-22-18(17-9-12-21-13-10-17)24(19)15-16-7-3-1-4-8-16/h1,3-4,7-10,12-13H,2,5-6,14-15H2. The summed E-state index contributed by atoms with van der Waals surface area (Å²) in [6.45, 7) is 0.728. The fraction of sp³-hybridized carbons (Fsp3) is 0.263. The van der Waals surface area contributed by atoms with Crippen molar-refractivity contribution in [3.8, 4) is 17.5 Å². The lowest BCUT2D eigenvalue weighted by atomic mass is 10.2. The first-order valence-electron chi connectivity index (χ1n) is 8.26. The highest BCUT2D eigenvalue weighted by atomic mass is 32.2. The third-order valence-electron chi connectivity index (χ3n) is 3.75. The van der Waals surface area contributed by atoms with E-state index < -0.39 is 0 Å². The predicted molar refractivity (Wildman–Crippen MR) is 99.0 cm³/mol. The quantitative estimate of drug-likeness (QED) is 0.451. The molecule has 1 aromatic carbocycles. The van der Waals surface area contributed by atoms with E-state index in [2.05, 4.69) is 38.0 Å². The van der Waals surface area contributed by atoms with Crippen LogP contribution in [0.5, 0.6) is 0 Å². The summed E-state index contributed by atoms with van der Waals surface area (Å²) in [5.41, 5.74) is 2.22. The number of aromatic nitrogens is 4. The topological polar surface area (TPSA) is 67.4 Å². The van der Waals surface area contributed by atoms with E-state index in [9.17, 15) is 0 Å². The number of nitriles is 1. The van der Waals surface area contributed by atoms with Crippen molar-refractivity contribution in [3.05, 3.63) is 60.4 Å². The monoisotopic (exact) mass is 349 g/mol.